The van der Waals surface area contributed by atoms with E-state index in [0.29, 0.717) is 41.2 Å². The SMILES string of the molecule is O=C(COc1ccc(Cl)cc1)N1CCCC(c2nnc(-c3ccc(F)cc3)o2)C1. The van der Waals surface area contributed by atoms with Gasteiger partial charge in [0.2, 0.25) is 11.8 Å². The van der Waals surface area contributed by atoms with Crippen molar-refractivity contribution in [2.75, 3.05) is 19.7 Å². The van der Waals surface area contributed by atoms with E-state index < -0.39 is 0 Å². The van der Waals surface area contributed by atoms with E-state index in [1.807, 2.05) is 0 Å². The largest absolute Gasteiger partial charge is 0.484 e. The highest BCUT2D eigenvalue weighted by Crippen LogP contribution is 2.28. The number of benzene rings is 2. The molecule has 1 aromatic heterocycles. The maximum absolute atomic E-state index is 13.1. The van der Waals surface area contributed by atoms with Crippen LogP contribution in [0.4, 0.5) is 4.39 Å². The Hall–Kier alpha value is -2.93. The molecule has 1 unspecified atom stereocenters. The second-order valence-electron chi connectivity index (χ2n) is 6.87. The number of halogens is 2. The molecule has 1 atom stereocenters. The van der Waals surface area contributed by atoms with Crippen molar-refractivity contribution in [3.05, 3.63) is 65.3 Å². The number of nitrogens with zero attached hydrogens (tertiary/aromatic N) is 3. The van der Waals surface area contributed by atoms with Gasteiger partial charge in [-0.2, -0.15) is 0 Å². The Labute approximate surface area is 172 Å². The molecule has 6 nitrogen and oxygen atoms in total. The van der Waals surface area contributed by atoms with Crippen LogP contribution in [0.5, 0.6) is 5.75 Å². The van der Waals surface area contributed by atoms with Crippen LogP contribution < -0.4 is 4.74 Å². The fraction of sp³-hybridized carbons (Fsp3) is 0.286. The van der Waals surface area contributed by atoms with Crippen LogP contribution in [0.1, 0.15) is 24.7 Å². The van der Waals surface area contributed by atoms with Crippen molar-refractivity contribution >= 4 is 17.5 Å². The monoisotopic (exact) mass is 415 g/mol. The number of rotatable bonds is 5. The smallest absolute Gasteiger partial charge is 0.260 e. The van der Waals surface area contributed by atoms with E-state index in [4.69, 9.17) is 20.8 Å². The van der Waals surface area contributed by atoms with E-state index in [1.165, 1.54) is 12.1 Å². The first-order chi connectivity index (χ1) is 14.1. The van der Waals surface area contributed by atoms with Gasteiger partial charge in [-0.1, -0.05) is 11.6 Å². The molecule has 2 aromatic carbocycles. The van der Waals surface area contributed by atoms with E-state index in [-0.39, 0.29) is 24.2 Å². The molecular weight excluding hydrogens is 397 g/mol. The summed E-state index contributed by atoms with van der Waals surface area (Å²) in [6.07, 6.45) is 1.69. The van der Waals surface area contributed by atoms with Crippen LogP contribution in [-0.2, 0) is 4.79 Å². The van der Waals surface area contributed by atoms with Crippen LogP contribution >= 0.6 is 11.6 Å². The molecule has 3 aromatic rings. The van der Waals surface area contributed by atoms with E-state index >= 15 is 0 Å². The van der Waals surface area contributed by atoms with Crippen LogP contribution in [0.2, 0.25) is 5.02 Å². The predicted octanol–water partition coefficient (Wildman–Crippen LogP) is 4.31. The van der Waals surface area contributed by atoms with Crippen LogP contribution in [0.25, 0.3) is 11.5 Å². The van der Waals surface area contributed by atoms with Gasteiger partial charge in [0.1, 0.15) is 11.6 Å². The Bertz CT molecular complexity index is 976. The number of ether oxygens (including phenoxy) is 1. The third-order valence-electron chi connectivity index (χ3n) is 4.83. The second kappa shape index (κ2) is 8.61. The molecule has 4 rings (SSSR count). The highest BCUT2D eigenvalue weighted by molar-refractivity contribution is 6.30. The molecule has 1 aliphatic rings. The van der Waals surface area contributed by atoms with Crippen molar-refractivity contribution in [1.29, 1.82) is 0 Å². The van der Waals surface area contributed by atoms with Crippen molar-refractivity contribution in [2.24, 2.45) is 0 Å². The molecule has 8 heteroatoms. The Balaban J connectivity index is 1.37. The summed E-state index contributed by atoms with van der Waals surface area (Å²) in [7, 11) is 0. The summed E-state index contributed by atoms with van der Waals surface area (Å²) in [5.41, 5.74) is 0.658. The average Bonchev–Trinajstić information content (AvgIpc) is 3.24. The lowest BCUT2D eigenvalue weighted by molar-refractivity contribution is -0.134. The van der Waals surface area contributed by atoms with Gasteiger partial charge in [-0.3, -0.25) is 4.79 Å². The number of hydrogen-bond donors (Lipinski definition) is 0. The Morgan fingerprint density at radius 3 is 2.69 bits per heavy atom. The lowest BCUT2D eigenvalue weighted by Crippen LogP contribution is -2.41. The van der Waals surface area contributed by atoms with Gasteiger partial charge in [-0.05, 0) is 61.4 Å². The summed E-state index contributed by atoms with van der Waals surface area (Å²) in [5.74, 6) is 0.968. The lowest BCUT2D eigenvalue weighted by Gasteiger charge is -2.31. The van der Waals surface area contributed by atoms with Gasteiger partial charge in [0, 0.05) is 23.7 Å². The number of likely N-dealkylation sites (tertiary alicyclic amines) is 1. The van der Waals surface area contributed by atoms with Crippen molar-refractivity contribution in [3.63, 3.8) is 0 Å². The van der Waals surface area contributed by atoms with Gasteiger partial charge in [0.25, 0.3) is 5.91 Å². The molecule has 0 N–H and O–H groups in total. The number of aromatic nitrogens is 2. The van der Waals surface area contributed by atoms with Crippen LogP contribution in [0.3, 0.4) is 0 Å². The van der Waals surface area contributed by atoms with Gasteiger partial charge in [-0.15, -0.1) is 10.2 Å². The predicted molar refractivity (Wildman–Crippen MR) is 105 cm³/mol. The van der Waals surface area contributed by atoms with Gasteiger partial charge in [0.05, 0.1) is 5.92 Å². The summed E-state index contributed by atoms with van der Waals surface area (Å²) in [5, 5.41) is 8.82. The molecule has 1 amide bonds. The maximum atomic E-state index is 13.1. The Kier molecular flexibility index (Phi) is 5.76. The van der Waals surface area contributed by atoms with Crippen LogP contribution in [0, 0.1) is 5.82 Å². The molecule has 1 saturated heterocycles. The van der Waals surface area contributed by atoms with Crippen LogP contribution in [0.15, 0.2) is 52.9 Å². The third kappa shape index (κ3) is 4.74. The average molecular weight is 416 g/mol. The molecule has 0 saturated carbocycles. The summed E-state index contributed by atoms with van der Waals surface area (Å²) in [6, 6.07) is 12.8. The molecule has 0 bridgehead atoms. The quantitative estimate of drug-likeness (QED) is 0.621. The van der Waals surface area contributed by atoms with Crippen molar-refractivity contribution < 1.29 is 18.3 Å². The standard InChI is InChI=1S/C21H19ClFN3O3/c22-16-5-9-18(10-6-16)28-13-19(27)26-11-1-2-15(12-26)21-25-24-20(29-21)14-3-7-17(23)8-4-14/h3-10,15H,1-2,11-13H2. The minimum Gasteiger partial charge on any atom is -0.484 e. The van der Waals surface area contributed by atoms with Crippen molar-refractivity contribution in [1.82, 2.24) is 15.1 Å². The summed E-state index contributed by atoms with van der Waals surface area (Å²) in [4.78, 5) is 14.3. The highest BCUT2D eigenvalue weighted by Gasteiger charge is 2.28. The zero-order valence-electron chi connectivity index (χ0n) is 15.6. The molecule has 0 radical (unpaired) electrons. The number of piperidine rings is 1. The molecule has 1 aliphatic heterocycles. The first-order valence-electron chi connectivity index (χ1n) is 9.34. The zero-order valence-corrected chi connectivity index (χ0v) is 16.3. The van der Waals surface area contributed by atoms with E-state index in [9.17, 15) is 9.18 Å². The first-order valence-corrected chi connectivity index (χ1v) is 9.72. The summed E-state index contributed by atoms with van der Waals surface area (Å²) < 4.78 is 24.4. The zero-order chi connectivity index (χ0) is 20.2. The first kappa shape index (κ1) is 19.4. The minimum absolute atomic E-state index is 0.0371. The number of carbonyl (C=O) groups is 1. The van der Waals surface area contributed by atoms with Gasteiger partial charge in [0.15, 0.2) is 6.61 Å². The topological polar surface area (TPSA) is 68.5 Å². The van der Waals surface area contributed by atoms with Crippen molar-refractivity contribution in [2.45, 2.75) is 18.8 Å². The number of hydrogen-bond acceptors (Lipinski definition) is 5. The fourth-order valence-electron chi connectivity index (χ4n) is 3.28. The van der Waals surface area contributed by atoms with E-state index in [1.54, 1.807) is 41.3 Å². The van der Waals surface area contributed by atoms with Gasteiger partial charge >= 0.3 is 0 Å². The normalized spacial score (nSPS) is 16.6. The van der Waals surface area contributed by atoms with Gasteiger partial charge in [-0.25, -0.2) is 4.39 Å². The van der Waals surface area contributed by atoms with E-state index in [0.717, 1.165) is 12.8 Å². The fourth-order valence-corrected chi connectivity index (χ4v) is 3.41. The third-order valence-corrected chi connectivity index (χ3v) is 5.08. The lowest BCUT2D eigenvalue weighted by atomic mass is 9.98. The van der Waals surface area contributed by atoms with Crippen molar-refractivity contribution in [3.8, 4) is 17.2 Å². The highest BCUT2D eigenvalue weighted by atomic mass is 35.5. The molecule has 2 heterocycles. The second-order valence-corrected chi connectivity index (χ2v) is 7.31. The Morgan fingerprint density at radius 2 is 1.93 bits per heavy atom. The molecular formula is C21H19ClFN3O3. The number of amides is 1. The Morgan fingerprint density at radius 1 is 1.17 bits per heavy atom. The minimum atomic E-state index is -0.323. The molecule has 29 heavy (non-hydrogen) atoms. The number of carbonyl (C=O) groups excluding carboxylic acids is 1. The van der Waals surface area contributed by atoms with Crippen LogP contribution in [-0.4, -0.2) is 40.7 Å². The summed E-state index contributed by atoms with van der Waals surface area (Å²) >= 11 is 5.85. The molecule has 1 fully saturated rings. The molecule has 0 aliphatic carbocycles. The molecule has 150 valence electrons. The molecule has 0 spiro atoms. The van der Waals surface area contributed by atoms with Gasteiger partial charge < -0.3 is 14.1 Å². The summed E-state index contributed by atoms with van der Waals surface area (Å²) in [6.45, 7) is 1.12. The van der Waals surface area contributed by atoms with E-state index in [2.05, 4.69) is 10.2 Å². The maximum Gasteiger partial charge on any atom is 0.260 e.